The first kappa shape index (κ1) is 24.1. The van der Waals surface area contributed by atoms with Crippen LogP contribution in [0, 0.1) is 5.82 Å². The van der Waals surface area contributed by atoms with Gasteiger partial charge in [-0.25, -0.2) is 9.18 Å². The van der Waals surface area contributed by atoms with Gasteiger partial charge in [0.25, 0.3) is 5.91 Å². The van der Waals surface area contributed by atoms with Gasteiger partial charge in [0.2, 0.25) is 0 Å². The Hall–Kier alpha value is -4.01. The smallest absolute Gasteiger partial charge is 0.324 e. The summed E-state index contributed by atoms with van der Waals surface area (Å²) < 4.78 is 20.1. The number of ether oxygens (including phenoxy) is 1. The number of urea groups is 1. The van der Waals surface area contributed by atoms with Crippen LogP contribution in [0.5, 0.6) is 5.75 Å². The first-order chi connectivity index (χ1) is 16.7. The molecule has 0 spiro atoms. The van der Waals surface area contributed by atoms with Gasteiger partial charge in [0.1, 0.15) is 17.6 Å². The predicted octanol–water partition coefficient (Wildman–Crippen LogP) is 4.69. The maximum absolute atomic E-state index is 14.8. The average molecular weight is 478 g/mol. The van der Waals surface area contributed by atoms with Crippen molar-refractivity contribution in [3.8, 4) is 5.75 Å². The fourth-order valence-corrected chi connectivity index (χ4v) is 4.19. The van der Waals surface area contributed by atoms with Gasteiger partial charge < -0.3 is 15.0 Å². The highest BCUT2D eigenvalue weighted by atomic mass is 19.1. The zero-order valence-corrected chi connectivity index (χ0v) is 20.1. The fourth-order valence-electron chi connectivity index (χ4n) is 4.19. The van der Waals surface area contributed by atoms with Gasteiger partial charge in [-0.2, -0.15) is 5.10 Å². The molecule has 0 aliphatic carbocycles. The van der Waals surface area contributed by atoms with Gasteiger partial charge in [0.15, 0.2) is 5.82 Å². The summed E-state index contributed by atoms with van der Waals surface area (Å²) in [7, 11) is 1.57. The van der Waals surface area contributed by atoms with Gasteiger partial charge in [0.05, 0.1) is 7.11 Å². The first-order valence-electron chi connectivity index (χ1n) is 11.3. The highest BCUT2D eigenvalue weighted by Crippen LogP contribution is 2.34. The lowest BCUT2D eigenvalue weighted by molar-refractivity contribution is -0.120. The van der Waals surface area contributed by atoms with E-state index in [0.717, 1.165) is 5.56 Å². The quantitative estimate of drug-likeness (QED) is 0.568. The van der Waals surface area contributed by atoms with Crippen molar-refractivity contribution in [1.82, 2.24) is 15.1 Å². The molecule has 1 aliphatic rings. The second-order valence-electron chi connectivity index (χ2n) is 9.38. The van der Waals surface area contributed by atoms with E-state index < -0.39 is 23.8 Å². The van der Waals surface area contributed by atoms with Crippen molar-refractivity contribution in [3.05, 3.63) is 77.2 Å². The van der Waals surface area contributed by atoms with Crippen LogP contribution in [-0.4, -0.2) is 40.7 Å². The van der Waals surface area contributed by atoms with Crippen LogP contribution in [0.15, 0.2) is 54.7 Å². The molecule has 3 amide bonds. The number of halogens is 1. The molecule has 3 aromatic rings. The summed E-state index contributed by atoms with van der Waals surface area (Å²) in [6.07, 6.45) is 2.04. The highest BCUT2D eigenvalue weighted by Gasteiger charge is 2.36. The minimum atomic E-state index is -0.938. The van der Waals surface area contributed by atoms with Crippen LogP contribution < -0.4 is 15.4 Å². The number of fused-ring (bicyclic) bond motifs is 1. The van der Waals surface area contributed by atoms with Gasteiger partial charge in [-0.1, -0.05) is 32.9 Å². The lowest BCUT2D eigenvalue weighted by Gasteiger charge is -2.36. The topological polar surface area (TPSA) is 96.4 Å². The van der Waals surface area contributed by atoms with E-state index in [4.69, 9.17) is 4.74 Å². The molecule has 182 valence electrons. The molecular formula is C26H28FN5O3. The molecule has 0 radical (unpaired) electrons. The molecule has 1 aliphatic heterocycles. The Kier molecular flexibility index (Phi) is 6.68. The second-order valence-corrected chi connectivity index (χ2v) is 9.38. The number of carbonyl (C=O) groups excluding carboxylic acids is 2. The molecule has 0 unspecified atom stereocenters. The molecule has 35 heavy (non-hydrogen) atoms. The molecular weight excluding hydrogens is 449 g/mol. The number of nitrogens with one attached hydrogen (secondary N) is 2. The van der Waals surface area contributed by atoms with E-state index in [-0.39, 0.29) is 11.2 Å². The molecule has 2 aromatic carbocycles. The van der Waals surface area contributed by atoms with Crippen LogP contribution in [0.4, 0.5) is 20.7 Å². The molecule has 4 rings (SSSR count). The van der Waals surface area contributed by atoms with E-state index in [1.807, 2.05) is 26.8 Å². The van der Waals surface area contributed by atoms with E-state index in [1.54, 1.807) is 43.5 Å². The van der Waals surface area contributed by atoms with Crippen LogP contribution >= 0.6 is 0 Å². The SMILES string of the molecule is COc1ccc2c(c1)CCN(C(=O)Nc1cccnn1)[C@H]2C(=O)Nc1ccc(C(C)(C)C)c(F)c1. The van der Waals surface area contributed by atoms with Gasteiger partial charge in [-0.15, -0.1) is 5.10 Å². The Balaban J connectivity index is 1.65. The molecule has 8 nitrogen and oxygen atoms in total. The highest BCUT2D eigenvalue weighted by molar-refractivity contribution is 6.00. The molecule has 2 heterocycles. The summed E-state index contributed by atoms with van der Waals surface area (Å²) in [4.78, 5) is 28.1. The Morgan fingerprint density at radius 1 is 1.11 bits per heavy atom. The summed E-state index contributed by atoms with van der Waals surface area (Å²) in [5.74, 6) is 0.0897. The van der Waals surface area contributed by atoms with E-state index in [2.05, 4.69) is 20.8 Å². The van der Waals surface area contributed by atoms with Crippen LogP contribution in [0.25, 0.3) is 0 Å². The monoisotopic (exact) mass is 477 g/mol. The summed E-state index contributed by atoms with van der Waals surface area (Å²) in [6.45, 7) is 6.06. The maximum Gasteiger partial charge on any atom is 0.324 e. The number of aromatic nitrogens is 2. The third kappa shape index (κ3) is 5.24. The number of amides is 3. The zero-order chi connectivity index (χ0) is 25.2. The molecule has 1 atom stereocenters. The van der Waals surface area contributed by atoms with Crippen LogP contribution in [-0.2, 0) is 16.6 Å². The number of anilines is 2. The molecule has 1 aromatic heterocycles. The van der Waals surface area contributed by atoms with E-state index in [9.17, 15) is 14.0 Å². The largest absolute Gasteiger partial charge is 0.497 e. The predicted molar refractivity (Wildman–Crippen MR) is 131 cm³/mol. The van der Waals surface area contributed by atoms with E-state index in [1.165, 1.54) is 17.2 Å². The van der Waals surface area contributed by atoms with Crippen molar-refractivity contribution >= 4 is 23.4 Å². The van der Waals surface area contributed by atoms with Crippen molar-refractivity contribution in [2.75, 3.05) is 24.3 Å². The number of carbonyl (C=O) groups is 2. The lowest BCUT2D eigenvalue weighted by atomic mass is 9.86. The van der Waals surface area contributed by atoms with Gasteiger partial charge in [-0.3, -0.25) is 10.1 Å². The fraction of sp³-hybridized carbons (Fsp3) is 0.308. The maximum atomic E-state index is 14.8. The van der Waals surface area contributed by atoms with Crippen LogP contribution in [0.1, 0.15) is 43.5 Å². The summed E-state index contributed by atoms with van der Waals surface area (Å²) in [6, 6.07) is 11.9. The first-order valence-corrected chi connectivity index (χ1v) is 11.3. The summed E-state index contributed by atoms with van der Waals surface area (Å²) in [5.41, 5.74) is 2.08. The molecule has 0 fully saturated rings. The van der Waals surface area contributed by atoms with Gasteiger partial charge >= 0.3 is 6.03 Å². The average Bonchev–Trinajstić information content (AvgIpc) is 2.82. The third-order valence-corrected chi connectivity index (χ3v) is 5.94. The Morgan fingerprint density at radius 3 is 2.57 bits per heavy atom. The van der Waals surface area contributed by atoms with Crippen molar-refractivity contribution in [2.24, 2.45) is 0 Å². The zero-order valence-electron chi connectivity index (χ0n) is 20.1. The number of methoxy groups -OCH3 is 1. The Morgan fingerprint density at radius 2 is 1.91 bits per heavy atom. The second kappa shape index (κ2) is 9.69. The molecule has 9 heteroatoms. The summed E-state index contributed by atoms with van der Waals surface area (Å²) in [5, 5.41) is 13.1. The number of rotatable bonds is 4. The molecule has 0 bridgehead atoms. The number of hydrogen-bond donors (Lipinski definition) is 2. The normalized spacial score (nSPS) is 15.2. The molecule has 2 N–H and O–H groups in total. The number of hydrogen-bond acceptors (Lipinski definition) is 5. The van der Waals surface area contributed by atoms with Crippen LogP contribution in [0.3, 0.4) is 0 Å². The van der Waals surface area contributed by atoms with Crippen molar-refractivity contribution in [3.63, 3.8) is 0 Å². The van der Waals surface area contributed by atoms with Crippen molar-refractivity contribution in [2.45, 2.75) is 38.6 Å². The van der Waals surface area contributed by atoms with E-state index in [0.29, 0.717) is 35.5 Å². The van der Waals surface area contributed by atoms with Crippen molar-refractivity contribution < 1.29 is 18.7 Å². The van der Waals surface area contributed by atoms with Gasteiger partial charge in [-0.05, 0) is 64.9 Å². The van der Waals surface area contributed by atoms with E-state index >= 15 is 0 Å². The Bertz CT molecular complexity index is 1240. The minimum Gasteiger partial charge on any atom is -0.497 e. The van der Waals surface area contributed by atoms with Crippen molar-refractivity contribution in [1.29, 1.82) is 0 Å². The van der Waals surface area contributed by atoms with Crippen LogP contribution in [0.2, 0.25) is 0 Å². The summed E-state index contributed by atoms with van der Waals surface area (Å²) >= 11 is 0. The minimum absolute atomic E-state index is 0.275. The number of nitrogens with zero attached hydrogens (tertiary/aromatic N) is 3. The number of benzene rings is 2. The Labute approximate surface area is 203 Å². The molecule has 0 saturated carbocycles. The molecule has 0 saturated heterocycles. The lowest BCUT2D eigenvalue weighted by Crippen LogP contribution is -2.47. The van der Waals surface area contributed by atoms with Gasteiger partial charge in [0, 0.05) is 18.4 Å². The third-order valence-electron chi connectivity index (χ3n) is 5.94. The standard InChI is InChI=1S/C26H28FN5O3/c1-26(2,3)20-10-7-17(15-21(20)27)29-24(33)23-19-9-8-18(35-4)14-16(19)11-13-32(23)25(34)30-22-6-5-12-28-31-22/h5-10,12,14-15,23H,11,13H2,1-4H3,(H,29,33)(H,30,31,34)/t23-/m1/s1.